The fourth-order valence-electron chi connectivity index (χ4n) is 1.84. The predicted octanol–water partition coefficient (Wildman–Crippen LogP) is 3.06. The van der Waals surface area contributed by atoms with E-state index in [4.69, 9.17) is 0 Å². The monoisotopic (exact) mass is 240 g/mol. The van der Waals surface area contributed by atoms with Crippen molar-refractivity contribution in [3.8, 4) is 0 Å². The fourth-order valence-corrected chi connectivity index (χ4v) is 1.84. The van der Waals surface area contributed by atoms with Crippen LogP contribution in [0.25, 0.3) is 0 Å². The van der Waals surface area contributed by atoms with Gasteiger partial charge in [-0.15, -0.1) is 0 Å². The molecule has 0 saturated carbocycles. The number of hydrogen-bond acceptors (Lipinski definition) is 0. The molecular formula is C14H25FSi. The molecule has 16 heavy (non-hydrogen) atoms. The lowest BCUT2D eigenvalue weighted by atomic mass is 9.97. The van der Waals surface area contributed by atoms with E-state index in [1.807, 2.05) is 6.07 Å². The van der Waals surface area contributed by atoms with Crippen molar-refractivity contribution in [2.75, 3.05) is 0 Å². The maximum atomic E-state index is 13.6. The fraction of sp³-hybridized carbons (Fsp3) is 0.571. The van der Waals surface area contributed by atoms with Crippen LogP contribution in [0, 0.1) is 5.82 Å². The minimum atomic E-state index is -0.0166. The van der Waals surface area contributed by atoms with Gasteiger partial charge < -0.3 is 0 Å². The molecule has 0 saturated heterocycles. The van der Waals surface area contributed by atoms with Crippen LogP contribution in [0.1, 0.15) is 50.7 Å². The summed E-state index contributed by atoms with van der Waals surface area (Å²) >= 11 is 0. The van der Waals surface area contributed by atoms with Gasteiger partial charge in [-0.25, -0.2) is 4.39 Å². The molecule has 0 N–H and O–H groups in total. The zero-order valence-electron chi connectivity index (χ0n) is 9.85. The van der Waals surface area contributed by atoms with Gasteiger partial charge in [0.05, 0.1) is 0 Å². The Morgan fingerprint density at radius 1 is 1.00 bits per heavy atom. The average molecular weight is 240 g/mol. The van der Waals surface area contributed by atoms with Crippen LogP contribution in [0.5, 0.6) is 0 Å². The van der Waals surface area contributed by atoms with Crippen molar-refractivity contribution >= 4 is 11.0 Å². The van der Waals surface area contributed by atoms with Crippen molar-refractivity contribution in [1.82, 2.24) is 0 Å². The highest BCUT2D eigenvalue weighted by Gasteiger charge is 2.06. The van der Waals surface area contributed by atoms with Gasteiger partial charge in [-0.3, -0.25) is 0 Å². The molecule has 1 aromatic carbocycles. The zero-order valence-corrected chi connectivity index (χ0v) is 9.85. The molecular weight excluding hydrogens is 215 g/mol. The van der Waals surface area contributed by atoms with Gasteiger partial charge in [-0.1, -0.05) is 38.8 Å². The van der Waals surface area contributed by atoms with Gasteiger partial charge in [0, 0.05) is 0 Å². The van der Waals surface area contributed by atoms with Crippen molar-refractivity contribution in [2.24, 2.45) is 0 Å². The van der Waals surface area contributed by atoms with Crippen LogP contribution in [-0.4, -0.2) is 11.0 Å². The summed E-state index contributed by atoms with van der Waals surface area (Å²) in [5, 5.41) is 0. The highest BCUT2D eigenvalue weighted by Crippen LogP contribution is 2.18. The lowest BCUT2D eigenvalue weighted by Crippen LogP contribution is -1.98. The van der Waals surface area contributed by atoms with Crippen molar-refractivity contribution in [3.05, 3.63) is 35.1 Å². The lowest BCUT2D eigenvalue weighted by molar-refractivity contribution is 0.597. The highest BCUT2D eigenvalue weighted by atomic mass is 28.1. The Kier molecular flexibility index (Phi) is 8.17. The number of hydrogen-bond donors (Lipinski definition) is 0. The van der Waals surface area contributed by atoms with Gasteiger partial charge >= 0.3 is 0 Å². The standard InChI is InChI=1S/C14H21F.H4Si/c1-3-5-8-12-9-7-11-14(15)13(12)10-6-4-2;/h7,9,11H,3-6,8,10H2,1-2H3;1H4. The number of unbranched alkanes of at least 4 members (excludes halogenated alkanes) is 2. The third-order valence-corrected chi connectivity index (χ3v) is 2.80. The topological polar surface area (TPSA) is 0 Å². The molecule has 0 aliphatic carbocycles. The molecule has 92 valence electrons. The van der Waals surface area contributed by atoms with Crippen LogP contribution < -0.4 is 0 Å². The van der Waals surface area contributed by atoms with E-state index in [2.05, 4.69) is 19.9 Å². The molecule has 1 rings (SSSR count). The Hall–Kier alpha value is -0.633. The molecule has 0 aromatic heterocycles. The molecule has 0 unspecified atom stereocenters. The SMILES string of the molecule is CCCCc1cccc(F)c1CCCC.[SiH4]. The van der Waals surface area contributed by atoms with Crippen molar-refractivity contribution < 1.29 is 4.39 Å². The van der Waals surface area contributed by atoms with Crippen LogP contribution in [0.2, 0.25) is 0 Å². The van der Waals surface area contributed by atoms with Crippen LogP contribution in [-0.2, 0) is 12.8 Å². The third kappa shape index (κ3) is 4.48. The van der Waals surface area contributed by atoms with Gasteiger partial charge in [0.2, 0.25) is 0 Å². The van der Waals surface area contributed by atoms with Gasteiger partial charge in [0.15, 0.2) is 0 Å². The number of rotatable bonds is 6. The first-order valence-corrected chi connectivity index (χ1v) is 6.05. The van der Waals surface area contributed by atoms with Gasteiger partial charge in [0.1, 0.15) is 5.82 Å². The van der Waals surface area contributed by atoms with E-state index in [-0.39, 0.29) is 16.8 Å². The molecule has 0 amide bonds. The van der Waals surface area contributed by atoms with Gasteiger partial charge in [-0.05, 0) is 53.8 Å². The Balaban J connectivity index is 0.00000225. The second-order valence-electron chi connectivity index (χ2n) is 4.08. The summed E-state index contributed by atoms with van der Waals surface area (Å²) < 4.78 is 13.6. The second kappa shape index (κ2) is 8.51. The number of benzene rings is 1. The summed E-state index contributed by atoms with van der Waals surface area (Å²) in [6.45, 7) is 4.32. The van der Waals surface area contributed by atoms with Crippen molar-refractivity contribution in [1.29, 1.82) is 0 Å². The van der Waals surface area contributed by atoms with E-state index in [9.17, 15) is 4.39 Å². The summed E-state index contributed by atoms with van der Waals surface area (Å²) in [7, 11) is 0. The minimum absolute atomic E-state index is 0. The molecule has 0 aliphatic rings. The molecule has 0 bridgehead atoms. The second-order valence-corrected chi connectivity index (χ2v) is 4.08. The Bertz CT molecular complexity index is 297. The van der Waals surface area contributed by atoms with Gasteiger partial charge in [0.25, 0.3) is 0 Å². The molecule has 0 atom stereocenters. The quantitative estimate of drug-likeness (QED) is 0.671. The first kappa shape index (κ1) is 15.4. The smallest absolute Gasteiger partial charge is 0.126 e. The summed E-state index contributed by atoms with van der Waals surface area (Å²) in [6, 6.07) is 5.49. The number of halogens is 1. The van der Waals surface area contributed by atoms with E-state index in [1.54, 1.807) is 6.07 Å². The van der Waals surface area contributed by atoms with Crippen LogP contribution in [0.4, 0.5) is 4.39 Å². The summed E-state index contributed by atoms with van der Waals surface area (Å²) in [5.41, 5.74) is 2.16. The molecule has 0 radical (unpaired) electrons. The minimum Gasteiger partial charge on any atom is -0.207 e. The average Bonchev–Trinajstić information content (AvgIpc) is 2.25. The van der Waals surface area contributed by atoms with Crippen molar-refractivity contribution in [2.45, 2.75) is 52.4 Å². The summed E-state index contributed by atoms with van der Waals surface area (Å²) in [4.78, 5) is 0. The van der Waals surface area contributed by atoms with Crippen LogP contribution >= 0.6 is 0 Å². The normalized spacial score (nSPS) is 9.94. The highest BCUT2D eigenvalue weighted by molar-refractivity contribution is 5.75. The molecule has 0 heterocycles. The molecule has 2 heteroatoms. The van der Waals surface area contributed by atoms with Crippen molar-refractivity contribution in [3.63, 3.8) is 0 Å². The Morgan fingerprint density at radius 3 is 2.25 bits per heavy atom. The van der Waals surface area contributed by atoms with E-state index < -0.39 is 0 Å². The van der Waals surface area contributed by atoms with E-state index in [1.165, 1.54) is 12.0 Å². The van der Waals surface area contributed by atoms with E-state index >= 15 is 0 Å². The largest absolute Gasteiger partial charge is 0.207 e. The maximum absolute atomic E-state index is 13.6. The Morgan fingerprint density at radius 2 is 1.62 bits per heavy atom. The molecule has 0 aliphatic heterocycles. The maximum Gasteiger partial charge on any atom is 0.126 e. The molecule has 0 nitrogen and oxygen atoms in total. The summed E-state index contributed by atoms with van der Waals surface area (Å²) in [5.74, 6) is -0.0166. The number of aryl methyl sites for hydroxylation is 1. The third-order valence-electron chi connectivity index (χ3n) is 2.80. The van der Waals surface area contributed by atoms with E-state index in [0.29, 0.717) is 0 Å². The Labute approximate surface area is 103 Å². The lowest BCUT2D eigenvalue weighted by Gasteiger charge is -2.09. The van der Waals surface area contributed by atoms with E-state index in [0.717, 1.165) is 37.7 Å². The summed E-state index contributed by atoms with van der Waals surface area (Å²) in [6.07, 6.45) is 6.45. The van der Waals surface area contributed by atoms with Crippen LogP contribution in [0.3, 0.4) is 0 Å². The van der Waals surface area contributed by atoms with Crippen LogP contribution in [0.15, 0.2) is 18.2 Å². The zero-order chi connectivity index (χ0) is 11.1. The molecule has 0 spiro atoms. The predicted molar refractivity (Wildman–Crippen MR) is 75.0 cm³/mol. The first-order chi connectivity index (χ1) is 7.29. The molecule has 1 aromatic rings. The molecule has 0 fully saturated rings. The first-order valence-electron chi connectivity index (χ1n) is 6.05. The van der Waals surface area contributed by atoms with Gasteiger partial charge in [-0.2, -0.15) is 0 Å².